The molecule has 0 bridgehead atoms. The van der Waals surface area contributed by atoms with Crippen LogP contribution in [0.2, 0.25) is 0 Å². The Morgan fingerprint density at radius 3 is 1.83 bits per heavy atom. The second-order valence-electron chi connectivity index (χ2n) is 5.79. The van der Waals surface area contributed by atoms with Crippen LogP contribution in [-0.2, 0) is 9.59 Å². The first kappa shape index (κ1) is 23.9. The lowest BCUT2D eigenvalue weighted by Crippen LogP contribution is -2.38. The van der Waals surface area contributed by atoms with Gasteiger partial charge < -0.3 is 20.6 Å². The summed E-state index contributed by atoms with van der Waals surface area (Å²) in [4.78, 5) is 21.4. The number of aliphatic hydroxyl groups is 2. The van der Waals surface area contributed by atoms with Crippen molar-refractivity contribution in [2.45, 2.75) is 65.6 Å². The van der Waals surface area contributed by atoms with Gasteiger partial charge in [-0.1, -0.05) is 46.6 Å². The van der Waals surface area contributed by atoms with E-state index in [4.69, 9.17) is 10.2 Å². The molecule has 0 fully saturated rings. The van der Waals surface area contributed by atoms with Crippen molar-refractivity contribution in [2.75, 3.05) is 6.54 Å². The van der Waals surface area contributed by atoms with Crippen molar-refractivity contribution in [3.8, 4) is 0 Å². The lowest BCUT2D eigenvalue weighted by atomic mass is 9.99. The van der Waals surface area contributed by atoms with Gasteiger partial charge in [-0.3, -0.25) is 4.79 Å². The van der Waals surface area contributed by atoms with Crippen LogP contribution in [0.1, 0.15) is 53.4 Å². The molecular formula is C17H33NO5. The molecule has 0 heterocycles. The number of hydrogen-bond donors (Lipinski definition) is 4. The van der Waals surface area contributed by atoms with Gasteiger partial charge in [0.1, 0.15) is 6.10 Å². The molecule has 6 nitrogen and oxygen atoms in total. The first-order valence-corrected chi connectivity index (χ1v) is 8.20. The molecule has 23 heavy (non-hydrogen) atoms. The zero-order chi connectivity index (χ0) is 18.4. The van der Waals surface area contributed by atoms with E-state index in [0.29, 0.717) is 6.54 Å². The average Bonchev–Trinajstić information content (AvgIpc) is 2.51. The largest absolute Gasteiger partial charge is 0.479 e. The zero-order valence-corrected chi connectivity index (χ0v) is 14.8. The number of aliphatic hydroxyl groups excluding tert-OH is 2. The molecule has 0 aromatic carbocycles. The molecule has 4 unspecified atom stereocenters. The number of carbonyl (C=O) groups is 2. The third kappa shape index (κ3) is 11.8. The highest BCUT2D eigenvalue weighted by molar-refractivity contribution is 5.80. The van der Waals surface area contributed by atoms with E-state index < -0.39 is 18.2 Å². The average molecular weight is 331 g/mol. The van der Waals surface area contributed by atoms with Crippen LogP contribution in [0.5, 0.6) is 0 Å². The number of rotatable bonds is 10. The van der Waals surface area contributed by atoms with Crippen molar-refractivity contribution in [3.05, 3.63) is 12.7 Å². The minimum atomic E-state index is -1.19. The molecule has 4 N–H and O–H groups in total. The minimum Gasteiger partial charge on any atom is -0.479 e. The van der Waals surface area contributed by atoms with Crippen molar-refractivity contribution in [3.63, 3.8) is 0 Å². The van der Waals surface area contributed by atoms with Gasteiger partial charge >= 0.3 is 5.97 Å². The summed E-state index contributed by atoms with van der Waals surface area (Å²) in [5.41, 5.74) is 0. The van der Waals surface area contributed by atoms with Crippen LogP contribution in [0, 0.1) is 11.8 Å². The first-order valence-electron chi connectivity index (χ1n) is 8.20. The SMILES string of the molecule is C=CCNC(=O)C(O)C(C)CCC.CCCC(C)C(O)C(=O)O. The Morgan fingerprint density at radius 2 is 1.48 bits per heavy atom. The number of hydrogen-bond acceptors (Lipinski definition) is 4. The fourth-order valence-corrected chi connectivity index (χ4v) is 2.01. The highest BCUT2D eigenvalue weighted by Gasteiger charge is 2.21. The summed E-state index contributed by atoms with van der Waals surface area (Å²) in [6, 6.07) is 0. The van der Waals surface area contributed by atoms with Crippen molar-refractivity contribution in [1.29, 1.82) is 0 Å². The van der Waals surface area contributed by atoms with E-state index >= 15 is 0 Å². The quantitative estimate of drug-likeness (QED) is 0.458. The molecule has 0 aliphatic heterocycles. The normalized spacial score (nSPS) is 15.4. The lowest BCUT2D eigenvalue weighted by Gasteiger charge is -2.16. The maximum Gasteiger partial charge on any atom is 0.332 e. The number of carboxylic acids is 1. The topological polar surface area (TPSA) is 107 Å². The first-order chi connectivity index (χ1) is 10.7. The summed E-state index contributed by atoms with van der Waals surface area (Å²) >= 11 is 0. The van der Waals surface area contributed by atoms with Gasteiger partial charge in [-0.05, 0) is 24.7 Å². The van der Waals surface area contributed by atoms with Crippen LogP contribution < -0.4 is 5.32 Å². The molecule has 0 radical (unpaired) electrons. The maximum atomic E-state index is 11.2. The van der Waals surface area contributed by atoms with Crippen molar-refractivity contribution < 1.29 is 24.9 Å². The van der Waals surface area contributed by atoms with E-state index in [-0.39, 0.29) is 17.7 Å². The van der Waals surface area contributed by atoms with E-state index in [9.17, 15) is 14.7 Å². The van der Waals surface area contributed by atoms with E-state index in [1.54, 1.807) is 13.0 Å². The molecule has 0 aromatic rings. The van der Waals surface area contributed by atoms with Gasteiger partial charge in [-0.25, -0.2) is 4.79 Å². The Bertz CT molecular complexity index is 346. The van der Waals surface area contributed by atoms with E-state index in [0.717, 1.165) is 25.7 Å². The summed E-state index contributed by atoms with van der Waals surface area (Å²) in [6.45, 7) is 11.5. The van der Waals surface area contributed by atoms with Crippen molar-refractivity contribution in [1.82, 2.24) is 5.32 Å². The number of carboxylic acid groups (broad SMARTS) is 1. The van der Waals surface area contributed by atoms with Crippen LogP contribution in [-0.4, -0.2) is 45.9 Å². The molecule has 6 heteroatoms. The summed E-state index contributed by atoms with van der Waals surface area (Å²) < 4.78 is 0. The van der Waals surface area contributed by atoms with Gasteiger partial charge in [-0.15, -0.1) is 6.58 Å². The highest BCUT2D eigenvalue weighted by Crippen LogP contribution is 2.10. The molecule has 4 atom stereocenters. The van der Waals surface area contributed by atoms with Crippen LogP contribution >= 0.6 is 0 Å². The third-order valence-corrected chi connectivity index (χ3v) is 3.51. The van der Waals surface area contributed by atoms with Gasteiger partial charge in [0.15, 0.2) is 6.10 Å². The Labute approximate surface area is 139 Å². The van der Waals surface area contributed by atoms with Gasteiger partial charge in [0, 0.05) is 6.54 Å². The molecule has 0 rings (SSSR count). The van der Waals surface area contributed by atoms with Crippen molar-refractivity contribution >= 4 is 11.9 Å². The van der Waals surface area contributed by atoms with Crippen molar-refractivity contribution in [2.24, 2.45) is 11.8 Å². The van der Waals surface area contributed by atoms with Crippen LogP contribution in [0.25, 0.3) is 0 Å². The molecule has 136 valence electrons. The maximum absolute atomic E-state index is 11.2. The number of amides is 1. The fraction of sp³-hybridized carbons (Fsp3) is 0.765. The molecule has 1 amide bonds. The minimum absolute atomic E-state index is 0.0230. The van der Waals surface area contributed by atoms with E-state index in [1.807, 2.05) is 20.8 Å². The van der Waals surface area contributed by atoms with Gasteiger partial charge in [0.05, 0.1) is 0 Å². The fourth-order valence-electron chi connectivity index (χ4n) is 2.01. The lowest BCUT2D eigenvalue weighted by molar-refractivity contribution is -0.149. The summed E-state index contributed by atoms with van der Waals surface area (Å²) in [6.07, 6.45) is 3.02. The number of aliphatic carboxylic acids is 1. The molecule has 0 spiro atoms. The zero-order valence-electron chi connectivity index (χ0n) is 14.8. The van der Waals surface area contributed by atoms with Crippen LogP contribution in [0.3, 0.4) is 0 Å². The molecular weight excluding hydrogens is 298 g/mol. The monoisotopic (exact) mass is 331 g/mol. The molecule has 0 saturated carbocycles. The predicted molar refractivity (Wildman–Crippen MR) is 91.0 cm³/mol. The third-order valence-electron chi connectivity index (χ3n) is 3.51. The smallest absolute Gasteiger partial charge is 0.332 e. The standard InChI is InChI=1S/C10H19NO2.C7H14O3/c1-4-6-8(3)9(12)10(13)11-7-5-2;1-3-4-5(2)6(8)7(9)10/h5,8-9,12H,2,4,6-7H2,1,3H3,(H,11,13);5-6,8H,3-4H2,1-2H3,(H,9,10). The highest BCUT2D eigenvalue weighted by atomic mass is 16.4. The Morgan fingerprint density at radius 1 is 1.04 bits per heavy atom. The second-order valence-corrected chi connectivity index (χ2v) is 5.79. The van der Waals surface area contributed by atoms with Crippen LogP contribution in [0.15, 0.2) is 12.7 Å². The van der Waals surface area contributed by atoms with E-state index in [1.165, 1.54) is 0 Å². The van der Waals surface area contributed by atoms with Gasteiger partial charge in [0.25, 0.3) is 0 Å². The predicted octanol–water partition coefficient (Wildman–Crippen LogP) is 1.95. The Hall–Kier alpha value is -1.40. The Balaban J connectivity index is 0. The molecule has 0 saturated heterocycles. The number of carbonyl (C=O) groups excluding carboxylic acids is 1. The Kier molecular flexibility index (Phi) is 14.7. The van der Waals surface area contributed by atoms with E-state index in [2.05, 4.69) is 11.9 Å². The second kappa shape index (κ2) is 14.2. The summed E-state index contributed by atoms with van der Waals surface area (Å²) in [7, 11) is 0. The number of nitrogens with one attached hydrogen (secondary N) is 1. The van der Waals surface area contributed by atoms with Crippen LogP contribution in [0.4, 0.5) is 0 Å². The van der Waals surface area contributed by atoms with Gasteiger partial charge in [0.2, 0.25) is 5.91 Å². The molecule has 0 aromatic heterocycles. The molecule has 0 aliphatic carbocycles. The molecule has 0 aliphatic rings. The summed E-state index contributed by atoms with van der Waals surface area (Å²) in [5.74, 6) is -1.54. The van der Waals surface area contributed by atoms with Gasteiger partial charge in [-0.2, -0.15) is 0 Å². The summed E-state index contributed by atoms with van der Waals surface area (Å²) in [5, 5.41) is 29.3.